The maximum Gasteiger partial charge on any atom is 0.226 e. The zero-order valence-corrected chi connectivity index (χ0v) is 19.9. The number of benzene rings is 1. The third-order valence-electron chi connectivity index (χ3n) is 5.05. The lowest BCUT2D eigenvalue weighted by atomic mass is 10.2. The number of halogens is 1. The highest BCUT2D eigenvalue weighted by Crippen LogP contribution is 2.44. The smallest absolute Gasteiger partial charge is 0.226 e. The molecule has 0 radical (unpaired) electrons. The SMILES string of the molecule is CN(Cc1ccccc1)c1nc(Cl)nc2c1cnn2C1CCC(COP(O)CP(O)O)O1. The molecule has 1 saturated heterocycles. The molecule has 1 aliphatic rings. The van der Waals surface area contributed by atoms with Crippen LogP contribution in [0, 0.1) is 0 Å². The fraction of sp³-hybridized carbons (Fsp3) is 0.421. The first-order chi connectivity index (χ1) is 15.4. The summed E-state index contributed by atoms with van der Waals surface area (Å²) in [6.45, 7) is 0.823. The minimum absolute atomic E-state index is 0.127. The zero-order valence-electron chi connectivity index (χ0n) is 17.3. The summed E-state index contributed by atoms with van der Waals surface area (Å²) in [5, 5.41) is 5.39. The molecular weight excluding hydrogens is 476 g/mol. The minimum Gasteiger partial charge on any atom is -0.355 e. The van der Waals surface area contributed by atoms with Gasteiger partial charge < -0.3 is 28.8 Å². The summed E-state index contributed by atoms with van der Waals surface area (Å²) < 4.78 is 13.1. The van der Waals surface area contributed by atoms with Gasteiger partial charge in [-0.25, -0.2) is 4.68 Å². The van der Waals surface area contributed by atoms with Crippen LogP contribution in [-0.2, 0) is 15.8 Å². The van der Waals surface area contributed by atoms with Crippen molar-refractivity contribution in [1.82, 2.24) is 19.7 Å². The van der Waals surface area contributed by atoms with Gasteiger partial charge in [0, 0.05) is 13.6 Å². The van der Waals surface area contributed by atoms with Gasteiger partial charge in [0.25, 0.3) is 0 Å². The van der Waals surface area contributed by atoms with E-state index in [2.05, 4.69) is 27.2 Å². The average Bonchev–Trinajstić information content (AvgIpc) is 3.38. The Morgan fingerprint density at radius 1 is 1.22 bits per heavy atom. The molecule has 1 aromatic carbocycles. The fourth-order valence-electron chi connectivity index (χ4n) is 3.63. The second kappa shape index (κ2) is 10.6. The first-order valence-electron chi connectivity index (χ1n) is 9.96. The topological polar surface area (TPSA) is 126 Å². The van der Waals surface area contributed by atoms with Gasteiger partial charge in [0.1, 0.15) is 5.82 Å². The lowest BCUT2D eigenvalue weighted by molar-refractivity contribution is -0.0213. The summed E-state index contributed by atoms with van der Waals surface area (Å²) in [4.78, 5) is 38.5. The van der Waals surface area contributed by atoms with E-state index in [0.29, 0.717) is 30.9 Å². The summed E-state index contributed by atoms with van der Waals surface area (Å²) in [6.07, 6.45) is 2.53. The van der Waals surface area contributed by atoms with E-state index in [-0.39, 0.29) is 30.1 Å². The van der Waals surface area contributed by atoms with Crippen molar-refractivity contribution >= 4 is 45.2 Å². The zero-order chi connectivity index (χ0) is 22.7. The van der Waals surface area contributed by atoms with Gasteiger partial charge in [0.05, 0.1) is 30.2 Å². The standard InChI is InChI=1S/C19H24ClN5O5P2/c1-24(10-13-5-3-2-4-6-13)17-15-9-21-25(18(15)23-19(20)22-17)16-8-7-14(30-16)11-29-32(28)12-31(26)27/h2-6,9,14,16,26-28H,7-8,10-12H2,1H3. The van der Waals surface area contributed by atoms with Gasteiger partial charge in [-0.3, -0.25) is 0 Å². The van der Waals surface area contributed by atoms with Crippen LogP contribution in [0.4, 0.5) is 5.82 Å². The van der Waals surface area contributed by atoms with Crippen LogP contribution in [-0.4, -0.2) is 60.1 Å². The summed E-state index contributed by atoms with van der Waals surface area (Å²) in [7, 11) is -2.12. The van der Waals surface area contributed by atoms with E-state index >= 15 is 0 Å². The maximum absolute atomic E-state index is 9.72. The van der Waals surface area contributed by atoms with Crippen molar-refractivity contribution in [3.8, 4) is 0 Å². The predicted molar refractivity (Wildman–Crippen MR) is 123 cm³/mol. The molecule has 3 atom stereocenters. The molecule has 3 aromatic rings. The van der Waals surface area contributed by atoms with E-state index in [1.807, 2.05) is 30.1 Å². The Labute approximate surface area is 192 Å². The highest BCUT2D eigenvalue weighted by Gasteiger charge is 2.30. The Morgan fingerprint density at radius 2 is 2.00 bits per heavy atom. The maximum atomic E-state index is 9.72. The summed E-state index contributed by atoms with van der Waals surface area (Å²) >= 11 is 6.25. The fourth-order valence-corrected chi connectivity index (χ4v) is 5.32. The summed E-state index contributed by atoms with van der Waals surface area (Å²) in [6, 6.07) is 10.1. The molecule has 0 amide bonds. The number of aromatic nitrogens is 4. The largest absolute Gasteiger partial charge is 0.355 e. The molecule has 1 fully saturated rings. The molecule has 172 valence electrons. The molecular formula is C19H24ClN5O5P2. The molecule has 32 heavy (non-hydrogen) atoms. The molecule has 4 rings (SSSR count). The van der Waals surface area contributed by atoms with Crippen LogP contribution in [0.3, 0.4) is 0 Å². The second-order valence-corrected chi connectivity index (χ2v) is 10.6. The van der Waals surface area contributed by atoms with E-state index in [1.165, 1.54) is 0 Å². The number of hydrogen-bond donors (Lipinski definition) is 3. The monoisotopic (exact) mass is 499 g/mol. The van der Waals surface area contributed by atoms with Crippen LogP contribution in [0.1, 0.15) is 24.6 Å². The lowest BCUT2D eigenvalue weighted by Crippen LogP contribution is -2.19. The highest BCUT2D eigenvalue weighted by atomic mass is 35.5. The number of rotatable bonds is 9. The normalized spacial score (nSPS) is 19.7. The van der Waals surface area contributed by atoms with Gasteiger partial charge in [-0.2, -0.15) is 15.1 Å². The minimum atomic E-state index is -2.18. The van der Waals surface area contributed by atoms with Crippen molar-refractivity contribution in [3.05, 3.63) is 47.4 Å². The average molecular weight is 500 g/mol. The van der Waals surface area contributed by atoms with Crippen molar-refractivity contribution in [2.45, 2.75) is 31.7 Å². The summed E-state index contributed by atoms with van der Waals surface area (Å²) in [5.41, 5.74) is 1.73. The third kappa shape index (κ3) is 5.71. The number of ether oxygens (including phenoxy) is 1. The highest BCUT2D eigenvalue weighted by molar-refractivity contribution is 7.63. The number of hydrogen-bond acceptors (Lipinski definition) is 9. The van der Waals surface area contributed by atoms with Crippen LogP contribution >= 0.6 is 28.4 Å². The van der Waals surface area contributed by atoms with Crippen LogP contribution in [0.2, 0.25) is 5.28 Å². The lowest BCUT2D eigenvalue weighted by Gasteiger charge is -2.19. The van der Waals surface area contributed by atoms with Gasteiger partial charge in [0.15, 0.2) is 28.6 Å². The first-order valence-corrected chi connectivity index (χ1v) is 13.2. The molecule has 2 aromatic heterocycles. The van der Waals surface area contributed by atoms with Gasteiger partial charge in [0.2, 0.25) is 5.28 Å². The molecule has 1 aliphatic heterocycles. The molecule has 10 nitrogen and oxygen atoms in total. The quantitative estimate of drug-likeness (QED) is 0.300. The second-order valence-electron chi connectivity index (χ2n) is 7.44. The van der Waals surface area contributed by atoms with Crippen LogP contribution in [0.25, 0.3) is 11.0 Å². The molecule has 0 bridgehead atoms. The Morgan fingerprint density at radius 3 is 2.75 bits per heavy atom. The van der Waals surface area contributed by atoms with Gasteiger partial charge in [-0.15, -0.1) is 0 Å². The van der Waals surface area contributed by atoms with E-state index in [1.54, 1.807) is 10.9 Å². The third-order valence-corrected chi connectivity index (χ3v) is 7.64. The van der Waals surface area contributed by atoms with Crippen LogP contribution < -0.4 is 4.90 Å². The Bertz CT molecular complexity index is 1040. The predicted octanol–water partition coefficient (Wildman–Crippen LogP) is 3.37. The number of nitrogens with zero attached hydrogens (tertiary/aromatic N) is 5. The molecule has 0 saturated carbocycles. The van der Waals surface area contributed by atoms with Crippen molar-refractivity contribution in [2.24, 2.45) is 0 Å². The van der Waals surface area contributed by atoms with E-state index in [9.17, 15) is 4.89 Å². The van der Waals surface area contributed by atoms with Crippen molar-refractivity contribution in [1.29, 1.82) is 0 Å². The Hall–Kier alpha value is -1.48. The Kier molecular flexibility index (Phi) is 7.87. The molecule has 3 heterocycles. The number of anilines is 1. The van der Waals surface area contributed by atoms with Gasteiger partial charge in [-0.05, 0) is 30.0 Å². The first kappa shape index (κ1) is 23.7. The van der Waals surface area contributed by atoms with Gasteiger partial charge in [-0.1, -0.05) is 30.3 Å². The Balaban J connectivity index is 1.48. The van der Waals surface area contributed by atoms with Crippen LogP contribution in [0.15, 0.2) is 36.5 Å². The molecule has 0 aliphatic carbocycles. The van der Waals surface area contributed by atoms with Crippen molar-refractivity contribution in [2.75, 3.05) is 24.5 Å². The molecule has 3 N–H and O–H groups in total. The van der Waals surface area contributed by atoms with E-state index in [4.69, 9.17) is 30.6 Å². The van der Waals surface area contributed by atoms with E-state index in [0.717, 1.165) is 10.9 Å². The van der Waals surface area contributed by atoms with Crippen LogP contribution in [0.5, 0.6) is 0 Å². The molecule has 13 heteroatoms. The number of fused-ring (bicyclic) bond motifs is 1. The molecule has 0 spiro atoms. The van der Waals surface area contributed by atoms with Gasteiger partial charge >= 0.3 is 0 Å². The van der Waals surface area contributed by atoms with Crippen molar-refractivity contribution < 1.29 is 23.9 Å². The van der Waals surface area contributed by atoms with E-state index < -0.39 is 16.8 Å². The van der Waals surface area contributed by atoms with Crippen molar-refractivity contribution in [3.63, 3.8) is 0 Å². The summed E-state index contributed by atoms with van der Waals surface area (Å²) in [5.74, 6) is 0.530. The molecule has 3 unspecified atom stereocenters.